The molecule has 0 atom stereocenters. The molecule has 4 heteroatoms. The number of fused-ring (bicyclic) bond motifs is 1. The lowest BCUT2D eigenvalue weighted by atomic mass is 10.1. The van der Waals surface area contributed by atoms with Crippen LogP contribution in [0.3, 0.4) is 0 Å². The first kappa shape index (κ1) is 14.1. The number of rotatable bonds is 2. The smallest absolute Gasteiger partial charge is 0.265 e. The molecule has 1 aliphatic rings. The van der Waals surface area contributed by atoms with E-state index in [1.54, 1.807) is 11.3 Å². The van der Waals surface area contributed by atoms with E-state index in [-0.39, 0.29) is 5.91 Å². The van der Waals surface area contributed by atoms with Gasteiger partial charge in [0.1, 0.15) is 0 Å². The van der Waals surface area contributed by atoms with Gasteiger partial charge in [-0.3, -0.25) is 4.79 Å². The number of aryl methyl sites for hydroxylation is 2. The number of benzene rings is 1. The molecule has 0 bridgehead atoms. The Labute approximate surface area is 136 Å². The lowest BCUT2D eigenvalue weighted by Gasteiger charge is -2.03. The van der Waals surface area contributed by atoms with Gasteiger partial charge in [-0.2, -0.15) is 0 Å². The molecule has 0 saturated heterocycles. The summed E-state index contributed by atoms with van der Waals surface area (Å²) < 4.78 is 1.17. The molecule has 0 fully saturated rings. The Morgan fingerprint density at radius 3 is 2.65 bits per heavy atom. The molecule has 104 valence electrons. The van der Waals surface area contributed by atoms with Crippen molar-refractivity contribution >= 4 is 45.5 Å². The van der Waals surface area contributed by atoms with Crippen LogP contribution in [0.2, 0.25) is 0 Å². The van der Waals surface area contributed by atoms with E-state index in [4.69, 9.17) is 0 Å². The van der Waals surface area contributed by atoms with Gasteiger partial charge >= 0.3 is 0 Å². The van der Waals surface area contributed by atoms with Gasteiger partial charge in [0.25, 0.3) is 5.91 Å². The van der Waals surface area contributed by atoms with Gasteiger partial charge in [0.15, 0.2) is 0 Å². The first-order valence-electron chi connectivity index (χ1n) is 6.91. The summed E-state index contributed by atoms with van der Waals surface area (Å²) in [6, 6.07) is 9.98. The largest absolute Gasteiger partial charge is 0.321 e. The van der Waals surface area contributed by atoms with Gasteiger partial charge in [-0.05, 0) is 84.2 Å². The van der Waals surface area contributed by atoms with Gasteiger partial charge in [-0.25, -0.2) is 0 Å². The summed E-state index contributed by atoms with van der Waals surface area (Å²) in [5.74, 6) is 0.0179. The van der Waals surface area contributed by atoms with Gasteiger partial charge in [0, 0.05) is 14.1 Å². The van der Waals surface area contributed by atoms with Crippen molar-refractivity contribution in [1.82, 2.24) is 0 Å². The zero-order valence-electron chi connectivity index (χ0n) is 11.1. The number of thiophene rings is 1. The minimum atomic E-state index is 0.0179. The summed E-state index contributed by atoms with van der Waals surface area (Å²) in [5, 5.41) is 2.98. The Bertz CT molecular complexity index is 594. The van der Waals surface area contributed by atoms with Crippen molar-refractivity contribution in [3.8, 4) is 0 Å². The molecule has 0 unspecified atom stereocenters. The Kier molecular flexibility index (Phi) is 4.41. The molecule has 1 N–H and O–H groups in total. The van der Waals surface area contributed by atoms with Crippen LogP contribution in [0.15, 0.2) is 30.3 Å². The summed E-state index contributed by atoms with van der Waals surface area (Å²) in [7, 11) is 0. The highest BCUT2D eigenvalue weighted by atomic mass is 127. The van der Waals surface area contributed by atoms with Crippen molar-refractivity contribution in [2.45, 2.75) is 32.1 Å². The van der Waals surface area contributed by atoms with E-state index in [1.807, 2.05) is 24.3 Å². The lowest BCUT2D eigenvalue weighted by molar-refractivity contribution is 0.103. The summed E-state index contributed by atoms with van der Waals surface area (Å²) in [6.07, 6.45) is 6.08. The molecule has 2 aromatic rings. The maximum Gasteiger partial charge on any atom is 0.265 e. The number of carbonyl (C=O) groups is 1. The fourth-order valence-corrected chi connectivity index (χ4v) is 4.01. The minimum absolute atomic E-state index is 0.0179. The van der Waals surface area contributed by atoms with E-state index in [1.165, 1.54) is 33.3 Å². The Morgan fingerprint density at radius 2 is 1.85 bits per heavy atom. The predicted molar refractivity (Wildman–Crippen MR) is 92.7 cm³/mol. The predicted octanol–water partition coefficient (Wildman–Crippen LogP) is 4.87. The summed E-state index contributed by atoms with van der Waals surface area (Å²) >= 11 is 3.92. The van der Waals surface area contributed by atoms with Crippen LogP contribution in [0.25, 0.3) is 0 Å². The van der Waals surface area contributed by atoms with Crippen molar-refractivity contribution in [3.63, 3.8) is 0 Å². The molecule has 0 saturated carbocycles. The fraction of sp³-hybridized carbons (Fsp3) is 0.312. The molecule has 1 amide bonds. The summed E-state index contributed by atoms with van der Waals surface area (Å²) in [6.45, 7) is 0. The SMILES string of the molecule is O=C(Nc1ccc(I)cc1)c1cc2c(s1)CCCCC2. The van der Waals surface area contributed by atoms with Crippen LogP contribution in [-0.4, -0.2) is 5.91 Å². The topological polar surface area (TPSA) is 29.1 Å². The average molecular weight is 397 g/mol. The molecular formula is C16H16INOS. The number of amides is 1. The molecule has 0 radical (unpaired) electrons. The number of nitrogens with one attached hydrogen (secondary N) is 1. The highest BCUT2D eigenvalue weighted by Gasteiger charge is 2.16. The number of halogens is 1. The van der Waals surface area contributed by atoms with E-state index in [0.29, 0.717) is 0 Å². The van der Waals surface area contributed by atoms with Gasteiger partial charge in [-0.1, -0.05) is 6.42 Å². The van der Waals surface area contributed by atoms with Crippen molar-refractivity contribution in [3.05, 3.63) is 49.2 Å². The van der Waals surface area contributed by atoms with Crippen molar-refractivity contribution < 1.29 is 4.79 Å². The summed E-state index contributed by atoms with van der Waals surface area (Å²) in [4.78, 5) is 14.6. The van der Waals surface area contributed by atoms with E-state index in [9.17, 15) is 4.79 Å². The normalized spacial score (nSPS) is 14.4. The summed E-state index contributed by atoms with van der Waals surface area (Å²) in [5.41, 5.74) is 2.25. The van der Waals surface area contributed by atoms with Crippen LogP contribution in [0.4, 0.5) is 5.69 Å². The quantitative estimate of drug-likeness (QED) is 0.569. The first-order chi connectivity index (χ1) is 9.72. The highest BCUT2D eigenvalue weighted by Crippen LogP contribution is 2.29. The zero-order chi connectivity index (χ0) is 13.9. The molecular weight excluding hydrogens is 381 g/mol. The maximum atomic E-state index is 12.3. The van der Waals surface area contributed by atoms with Gasteiger partial charge < -0.3 is 5.32 Å². The van der Waals surface area contributed by atoms with Gasteiger partial charge in [-0.15, -0.1) is 11.3 Å². The average Bonchev–Trinajstić information content (AvgIpc) is 2.73. The third-order valence-electron chi connectivity index (χ3n) is 3.57. The minimum Gasteiger partial charge on any atom is -0.321 e. The second-order valence-corrected chi connectivity index (χ2v) is 7.46. The number of hydrogen-bond acceptors (Lipinski definition) is 2. The van der Waals surface area contributed by atoms with E-state index >= 15 is 0 Å². The van der Waals surface area contributed by atoms with Gasteiger partial charge in [0.2, 0.25) is 0 Å². The molecule has 3 rings (SSSR count). The Balaban J connectivity index is 1.75. The second-order valence-electron chi connectivity index (χ2n) is 5.08. The zero-order valence-corrected chi connectivity index (χ0v) is 14.1. The van der Waals surface area contributed by atoms with E-state index in [2.05, 4.69) is 34.0 Å². The molecule has 20 heavy (non-hydrogen) atoms. The van der Waals surface area contributed by atoms with Crippen LogP contribution in [0, 0.1) is 3.57 Å². The fourth-order valence-electron chi connectivity index (χ4n) is 2.51. The van der Waals surface area contributed by atoms with Crippen LogP contribution in [0.1, 0.15) is 39.4 Å². The standard InChI is InChI=1S/C16H16INOS/c17-12-6-8-13(9-7-12)18-16(19)15-10-11-4-2-1-3-5-14(11)20-15/h6-10H,1-5H2,(H,18,19). The van der Waals surface area contributed by atoms with Crippen LogP contribution in [-0.2, 0) is 12.8 Å². The van der Waals surface area contributed by atoms with Crippen LogP contribution >= 0.6 is 33.9 Å². The van der Waals surface area contributed by atoms with Crippen molar-refractivity contribution in [2.24, 2.45) is 0 Å². The Morgan fingerprint density at radius 1 is 1.10 bits per heavy atom. The lowest BCUT2D eigenvalue weighted by Crippen LogP contribution is -2.10. The van der Waals surface area contributed by atoms with Crippen LogP contribution < -0.4 is 5.32 Å². The molecule has 1 aliphatic carbocycles. The van der Waals surface area contributed by atoms with E-state index < -0.39 is 0 Å². The number of hydrogen-bond donors (Lipinski definition) is 1. The first-order valence-corrected chi connectivity index (χ1v) is 8.80. The molecule has 0 aliphatic heterocycles. The maximum absolute atomic E-state index is 12.3. The van der Waals surface area contributed by atoms with Gasteiger partial charge in [0.05, 0.1) is 4.88 Å². The third-order valence-corrected chi connectivity index (χ3v) is 5.53. The molecule has 0 spiro atoms. The molecule has 2 nitrogen and oxygen atoms in total. The third kappa shape index (κ3) is 3.23. The number of carbonyl (C=O) groups excluding carboxylic acids is 1. The van der Waals surface area contributed by atoms with E-state index in [0.717, 1.165) is 23.4 Å². The molecule has 1 aromatic heterocycles. The Hall–Kier alpha value is -0.880. The van der Waals surface area contributed by atoms with Crippen molar-refractivity contribution in [1.29, 1.82) is 0 Å². The second kappa shape index (κ2) is 6.26. The molecule has 1 heterocycles. The molecule has 1 aromatic carbocycles. The highest BCUT2D eigenvalue weighted by molar-refractivity contribution is 14.1. The monoisotopic (exact) mass is 397 g/mol. The number of anilines is 1. The van der Waals surface area contributed by atoms with Crippen molar-refractivity contribution in [2.75, 3.05) is 5.32 Å². The van der Waals surface area contributed by atoms with Crippen LogP contribution in [0.5, 0.6) is 0 Å².